The van der Waals surface area contributed by atoms with Gasteiger partial charge in [0.25, 0.3) is 0 Å². The molecule has 3 aromatic rings. The highest BCUT2D eigenvalue weighted by Crippen LogP contribution is 2.15. The van der Waals surface area contributed by atoms with E-state index in [1.54, 1.807) is 30.3 Å². The fourth-order valence-electron chi connectivity index (χ4n) is 2.18. The smallest absolute Gasteiger partial charge is 0.335 e. The number of fused-ring (bicyclic) bond motifs is 1. The minimum absolute atomic E-state index is 0.0383. The van der Waals surface area contributed by atoms with Crippen LogP contribution in [0, 0.1) is 0 Å². The van der Waals surface area contributed by atoms with E-state index in [1.165, 1.54) is 22.8 Å². The maximum atomic E-state index is 12.1. The van der Waals surface area contributed by atoms with Gasteiger partial charge >= 0.3 is 17.1 Å². The summed E-state index contributed by atoms with van der Waals surface area (Å²) in [6.45, 7) is 0. The molecule has 0 saturated heterocycles. The lowest BCUT2D eigenvalue weighted by Crippen LogP contribution is -2.35. The first-order chi connectivity index (χ1) is 10.1. The van der Waals surface area contributed by atoms with E-state index in [9.17, 15) is 14.4 Å². The maximum absolute atomic E-state index is 12.1. The Morgan fingerprint density at radius 1 is 1.05 bits per heavy atom. The van der Waals surface area contributed by atoms with Gasteiger partial charge in [0.15, 0.2) is 0 Å². The van der Waals surface area contributed by atoms with E-state index in [0.717, 1.165) is 0 Å². The molecule has 0 aliphatic rings. The lowest BCUT2D eigenvalue weighted by atomic mass is 10.2. The second-order valence-electron chi connectivity index (χ2n) is 4.47. The lowest BCUT2D eigenvalue weighted by Gasteiger charge is -2.09. The van der Waals surface area contributed by atoms with Crippen LogP contribution in [-0.2, 0) is 0 Å². The van der Waals surface area contributed by atoms with E-state index in [4.69, 9.17) is 5.11 Å². The molecule has 0 spiro atoms. The van der Waals surface area contributed by atoms with Crippen molar-refractivity contribution in [3.63, 3.8) is 0 Å². The van der Waals surface area contributed by atoms with Crippen LogP contribution in [0.25, 0.3) is 16.7 Å². The van der Waals surface area contributed by atoms with E-state index < -0.39 is 17.1 Å². The number of hydrogen-bond donors (Lipinski definition) is 2. The van der Waals surface area contributed by atoms with Gasteiger partial charge in [-0.05, 0) is 30.3 Å². The molecule has 0 bridgehead atoms. The van der Waals surface area contributed by atoms with Crippen molar-refractivity contribution < 1.29 is 9.90 Å². The maximum Gasteiger partial charge on any atom is 0.335 e. The Bertz CT molecular complexity index is 955. The largest absolute Gasteiger partial charge is 0.478 e. The van der Waals surface area contributed by atoms with Crippen LogP contribution in [0.2, 0.25) is 0 Å². The summed E-state index contributed by atoms with van der Waals surface area (Å²) in [5, 5.41) is 8.99. The van der Waals surface area contributed by atoms with Crippen LogP contribution in [0.15, 0.2) is 58.1 Å². The van der Waals surface area contributed by atoms with E-state index >= 15 is 0 Å². The molecule has 0 aliphatic carbocycles. The van der Waals surface area contributed by atoms with Gasteiger partial charge in [0.1, 0.15) is 0 Å². The van der Waals surface area contributed by atoms with Crippen LogP contribution >= 0.6 is 0 Å². The van der Waals surface area contributed by atoms with Gasteiger partial charge in [-0.3, -0.25) is 14.2 Å². The monoisotopic (exact) mass is 282 g/mol. The summed E-state index contributed by atoms with van der Waals surface area (Å²) >= 11 is 0. The number of nitrogens with one attached hydrogen (secondary N) is 1. The highest BCUT2D eigenvalue weighted by Gasteiger charge is 2.11. The predicted molar refractivity (Wildman–Crippen MR) is 77.1 cm³/mol. The summed E-state index contributed by atoms with van der Waals surface area (Å²) in [5.74, 6) is -1.10. The molecule has 1 heterocycles. The molecule has 0 amide bonds. The highest BCUT2D eigenvalue weighted by molar-refractivity contribution is 5.92. The topological polar surface area (TPSA) is 92.2 Å². The van der Waals surface area contributed by atoms with E-state index in [-0.39, 0.29) is 5.56 Å². The first-order valence-electron chi connectivity index (χ1n) is 6.16. The molecule has 0 radical (unpaired) electrons. The zero-order valence-electron chi connectivity index (χ0n) is 10.7. The van der Waals surface area contributed by atoms with Crippen LogP contribution in [0.3, 0.4) is 0 Å². The first kappa shape index (κ1) is 12.9. The number of aromatic nitrogens is 2. The quantitative estimate of drug-likeness (QED) is 0.694. The Balaban J connectivity index is 2.43. The van der Waals surface area contributed by atoms with Crippen molar-refractivity contribution >= 4 is 17.0 Å². The summed E-state index contributed by atoms with van der Waals surface area (Å²) in [7, 11) is 0. The Kier molecular flexibility index (Phi) is 2.91. The third-order valence-corrected chi connectivity index (χ3v) is 3.14. The number of carbonyl (C=O) groups is 1. The van der Waals surface area contributed by atoms with Crippen molar-refractivity contribution in [2.45, 2.75) is 0 Å². The van der Waals surface area contributed by atoms with Crippen LogP contribution in [0.4, 0.5) is 0 Å². The van der Waals surface area contributed by atoms with Gasteiger partial charge < -0.3 is 10.1 Å². The number of aromatic carboxylic acids is 1. The average Bonchev–Trinajstić information content (AvgIpc) is 2.49. The van der Waals surface area contributed by atoms with Crippen LogP contribution < -0.4 is 11.1 Å². The van der Waals surface area contributed by atoms with Gasteiger partial charge in [-0.15, -0.1) is 0 Å². The van der Waals surface area contributed by atoms with Gasteiger partial charge in [0.05, 0.1) is 16.6 Å². The highest BCUT2D eigenvalue weighted by atomic mass is 16.4. The molecule has 6 heteroatoms. The molecule has 2 aromatic carbocycles. The summed E-state index contributed by atoms with van der Waals surface area (Å²) < 4.78 is 1.26. The lowest BCUT2D eigenvalue weighted by molar-refractivity contribution is 0.0697. The molecular weight excluding hydrogens is 272 g/mol. The van der Waals surface area contributed by atoms with E-state index in [0.29, 0.717) is 16.7 Å². The third-order valence-electron chi connectivity index (χ3n) is 3.14. The molecule has 0 saturated carbocycles. The number of carboxylic acids is 1. The molecule has 0 atom stereocenters. The number of carboxylic acid groups (broad SMARTS) is 1. The normalized spacial score (nSPS) is 10.7. The minimum Gasteiger partial charge on any atom is -0.478 e. The van der Waals surface area contributed by atoms with Gasteiger partial charge in [-0.1, -0.05) is 18.2 Å². The van der Waals surface area contributed by atoms with Gasteiger partial charge in [-0.2, -0.15) is 0 Å². The number of benzene rings is 2. The second kappa shape index (κ2) is 4.75. The first-order valence-corrected chi connectivity index (χ1v) is 6.16. The molecule has 0 fully saturated rings. The van der Waals surface area contributed by atoms with Gasteiger partial charge in [0.2, 0.25) is 0 Å². The second-order valence-corrected chi connectivity index (χ2v) is 4.47. The minimum atomic E-state index is -1.10. The summed E-state index contributed by atoms with van der Waals surface area (Å²) in [5.41, 5.74) is -0.192. The molecular formula is C15H10N2O4. The average molecular weight is 282 g/mol. The molecule has 1 aromatic heterocycles. The van der Waals surface area contributed by atoms with Crippen molar-refractivity contribution in [1.29, 1.82) is 0 Å². The summed E-state index contributed by atoms with van der Waals surface area (Å²) in [6, 6.07) is 12.9. The van der Waals surface area contributed by atoms with Gasteiger partial charge in [0, 0.05) is 5.69 Å². The van der Waals surface area contributed by atoms with E-state index in [1.807, 2.05) is 0 Å². The fraction of sp³-hybridized carbons (Fsp3) is 0. The molecule has 2 N–H and O–H groups in total. The van der Waals surface area contributed by atoms with Crippen molar-refractivity contribution in [1.82, 2.24) is 9.55 Å². The Morgan fingerprint density at radius 2 is 1.76 bits per heavy atom. The van der Waals surface area contributed by atoms with Crippen molar-refractivity contribution in [2.24, 2.45) is 0 Å². The summed E-state index contributed by atoms with van der Waals surface area (Å²) in [4.78, 5) is 37.3. The standard InChI is InChI=1S/C15H10N2O4/c18-13-14(19)17(10-4-2-1-3-5-10)12-7-6-9(15(20)21)8-11(12)16-13/h1-8H,(H,16,18)(H,20,21). The van der Waals surface area contributed by atoms with Crippen molar-refractivity contribution in [2.75, 3.05) is 0 Å². The number of H-pyrrole nitrogens is 1. The SMILES string of the molecule is O=C(O)c1ccc2c(c1)[nH]c(=O)c(=O)n2-c1ccccc1. The van der Waals surface area contributed by atoms with Crippen LogP contribution in [-0.4, -0.2) is 20.6 Å². The molecule has 104 valence electrons. The Labute approximate surface area is 117 Å². The van der Waals surface area contributed by atoms with Crippen LogP contribution in [0.1, 0.15) is 10.4 Å². The molecule has 0 aliphatic heterocycles. The van der Waals surface area contributed by atoms with Crippen molar-refractivity contribution in [3.05, 3.63) is 74.8 Å². The number of nitrogens with zero attached hydrogens (tertiary/aromatic N) is 1. The van der Waals surface area contributed by atoms with Crippen molar-refractivity contribution in [3.8, 4) is 5.69 Å². The zero-order chi connectivity index (χ0) is 15.0. The number of para-hydroxylation sites is 1. The predicted octanol–water partition coefficient (Wildman–Crippen LogP) is 1.38. The number of hydrogen-bond acceptors (Lipinski definition) is 3. The molecule has 0 unspecified atom stereocenters. The number of aromatic amines is 1. The van der Waals surface area contributed by atoms with Crippen LogP contribution in [0.5, 0.6) is 0 Å². The Morgan fingerprint density at radius 3 is 2.43 bits per heavy atom. The molecule has 21 heavy (non-hydrogen) atoms. The summed E-state index contributed by atoms with van der Waals surface area (Å²) in [6.07, 6.45) is 0. The molecule has 3 rings (SSSR count). The van der Waals surface area contributed by atoms with Gasteiger partial charge in [-0.25, -0.2) is 4.79 Å². The molecule has 6 nitrogen and oxygen atoms in total. The fourth-order valence-corrected chi connectivity index (χ4v) is 2.18. The zero-order valence-corrected chi connectivity index (χ0v) is 10.7. The Hall–Kier alpha value is -3.15. The third kappa shape index (κ3) is 2.12. The number of rotatable bonds is 2. The van der Waals surface area contributed by atoms with E-state index in [2.05, 4.69) is 4.98 Å².